The van der Waals surface area contributed by atoms with E-state index in [0.29, 0.717) is 22.0 Å². The van der Waals surface area contributed by atoms with E-state index in [1.807, 2.05) is 55.6 Å². The number of hydrogen-bond donors (Lipinski definition) is 1. The molecule has 1 N–H and O–H groups in total. The van der Waals surface area contributed by atoms with Crippen molar-refractivity contribution in [2.45, 2.75) is 37.3 Å². The molecule has 0 bridgehead atoms. The van der Waals surface area contributed by atoms with Crippen LogP contribution in [0.1, 0.15) is 27.7 Å². The zero-order chi connectivity index (χ0) is 19.8. The summed E-state index contributed by atoms with van der Waals surface area (Å²) in [5.74, 6) is 0.429. The number of carbonyl (C=O) groups is 1. The number of pyridine rings is 1. The van der Waals surface area contributed by atoms with Gasteiger partial charge in [0.05, 0.1) is 34.7 Å². The molecule has 3 aromatic rings. The molecule has 142 valence electrons. The fourth-order valence-electron chi connectivity index (χ4n) is 2.79. The zero-order valence-corrected chi connectivity index (χ0v) is 16.9. The van der Waals surface area contributed by atoms with Gasteiger partial charge in [0.15, 0.2) is 0 Å². The summed E-state index contributed by atoms with van der Waals surface area (Å²) in [5.41, 5.74) is 3.14. The average Bonchev–Trinajstić information content (AvgIpc) is 3.01. The molecule has 27 heavy (non-hydrogen) atoms. The Bertz CT molecular complexity index is 1030. The Balaban J connectivity index is 2.16. The van der Waals surface area contributed by atoms with Crippen molar-refractivity contribution >= 4 is 28.0 Å². The van der Waals surface area contributed by atoms with Crippen LogP contribution in [0.2, 0.25) is 0 Å². The molecule has 0 aliphatic heterocycles. The Kier molecular flexibility index (Phi) is 5.06. The number of ether oxygens (including phenoxy) is 1. The number of aromatic nitrogens is 2. The number of carbonyl (C=O) groups excluding carboxylic acids is 1. The van der Waals surface area contributed by atoms with Crippen LogP contribution >= 0.6 is 0 Å². The molecule has 1 aromatic carbocycles. The van der Waals surface area contributed by atoms with Gasteiger partial charge in [-0.25, -0.2) is 4.98 Å². The molecule has 0 radical (unpaired) electrons. The van der Waals surface area contributed by atoms with Crippen LogP contribution in [-0.2, 0) is 15.6 Å². The third-order valence-electron chi connectivity index (χ3n) is 4.03. The van der Waals surface area contributed by atoms with Crippen molar-refractivity contribution in [3.63, 3.8) is 0 Å². The van der Waals surface area contributed by atoms with Gasteiger partial charge in [0.25, 0.3) is 0 Å². The lowest BCUT2D eigenvalue weighted by Crippen LogP contribution is -2.22. The van der Waals surface area contributed by atoms with Crippen LogP contribution in [0.15, 0.2) is 47.6 Å². The molecule has 1 amide bonds. The molecule has 0 saturated heterocycles. The van der Waals surface area contributed by atoms with Crippen LogP contribution in [0, 0.1) is 0 Å². The van der Waals surface area contributed by atoms with E-state index in [9.17, 15) is 9.00 Å². The van der Waals surface area contributed by atoms with Gasteiger partial charge in [0.1, 0.15) is 11.4 Å². The molecule has 0 aliphatic rings. The number of nitrogens with one attached hydrogen (secondary N) is 1. The van der Waals surface area contributed by atoms with Crippen molar-refractivity contribution in [1.82, 2.24) is 9.38 Å². The third kappa shape index (κ3) is 3.88. The topological polar surface area (TPSA) is 72.7 Å². The highest BCUT2D eigenvalue weighted by atomic mass is 32.2. The second-order valence-electron chi connectivity index (χ2n) is 7.22. The van der Waals surface area contributed by atoms with Crippen molar-refractivity contribution in [2.24, 2.45) is 0 Å². The number of amides is 1. The quantitative estimate of drug-likeness (QED) is 0.740. The van der Waals surface area contributed by atoms with Crippen LogP contribution in [0.25, 0.3) is 16.9 Å². The van der Waals surface area contributed by atoms with Crippen LogP contribution in [-0.4, -0.2) is 31.4 Å². The van der Waals surface area contributed by atoms with Gasteiger partial charge in [-0.3, -0.25) is 13.4 Å². The van der Waals surface area contributed by atoms with Gasteiger partial charge in [-0.15, -0.1) is 0 Å². The number of anilines is 1. The number of fused-ring (bicyclic) bond motifs is 1. The van der Waals surface area contributed by atoms with E-state index in [0.717, 1.165) is 11.3 Å². The van der Waals surface area contributed by atoms with Crippen LogP contribution in [0.4, 0.5) is 5.69 Å². The Labute approximate surface area is 161 Å². The number of methoxy groups -OCH3 is 1. The van der Waals surface area contributed by atoms with Gasteiger partial charge in [-0.2, -0.15) is 0 Å². The number of nitrogens with zero attached hydrogens (tertiary/aromatic N) is 2. The van der Waals surface area contributed by atoms with Gasteiger partial charge < -0.3 is 10.1 Å². The van der Waals surface area contributed by atoms with Crippen molar-refractivity contribution in [2.75, 3.05) is 12.4 Å². The maximum absolute atomic E-state index is 13.0. The maximum atomic E-state index is 13.0. The van der Waals surface area contributed by atoms with Gasteiger partial charge in [-0.05, 0) is 32.9 Å². The fourth-order valence-corrected chi connectivity index (χ4v) is 3.97. The Morgan fingerprint density at radius 3 is 2.63 bits per heavy atom. The largest absolute Gasteiger partial charge is 0.495 e. The third-order valence-corrected chi connectivity index (χ3v) is 5.85. The highest BCUT2D eigenvalue weighted by molar-refractivity contribution is 7.86. The Morgan fingerprint density at radius 2 is 2.00 bits per heavy atom. The monoisotopic (exact) mass is 385 g/mol. The molecule has 3 rings (SSSR count). The average molecular weight is 385 g/mol. The minimum absolute atomic E-state index is 0.127. The highest BCUT2D eigenvalue weighted by Gasteiger charge is 2.25. The van der Waals surface area contributed by atoms with Gasteiger partial charge in [0, 0.05) is 35.2 Å². The molecule has 0 aliphatic carbocycles. The van der Waals surface area contributed by atoms with E-state index >= 15 is 0 Å². The van der Waals surface area contributed by atoms with Gasteiger partial charge in [-0.1, -0.05) is 12.1 Å². The predicted molar refractivity (Wildman–Crippen MR) is 108 cm³/mol. The standard InChI is InChI=1S/C20H23N3O3S/c1-13(24)22-15-8-6-7-14(9-15)16-11-21-19-10-17(26-5)18(12-23(16)19)27(25)20(2,3)4/h6-12H,1-5H3,(H,22,24). The SMILES string of the molecule is COc1cc2ncc(-c3cccc(NC(C)=O)c3)n2cc1S(=O)C(C)(C)C. The first kappa shape index (κ1) is 19.1. The second-order valence-corrected chi connectivity index (χ2v) is 9.42. The van der Waals surface area contributed by atoms with E-state index < -0.39 is 15.5 Å². The predicted octanol–water partition coefficient (Wildman–Crippen LogP) is 3.87. The summed E-state index contributed by atoms with van der Waals surface area (Å²) in [7, 11) is 0.306. The molecule has 0 fully saturated rings. The summed E-state index contributed by atoms with van der Waals surface area (Å²) >= 11 is 0. The number of rotatable bonds is 4. The lowest BCUT2D eigenvalue weighted by atomic mass is 10.1. The van der Waals surface area contributed by atoms with E-state index in [1.54, 1.807) is 19.4 Å². The minimum atomic E-state index is -1.26. The molecule has 2 aromatic heterocycles. The molecular formula is C20H23N3O3S. The molecule has 7 heteroatoms. The first-order chi connectivity index (χ1) is 12.7. The molecular weight excluding hydrogens is 362 g/mol. The number of benzene rings is 1. The first-order valence-electron chi connectivity index (χ1n) is 8.55. The Morgan fingerprint density at radius 1 is 1.26 bits per heavy atom. The lowest BCUT2D eigenvalue weighted by Gasteiger charge is -2.20. The summed E-state index contributed by atoms with van der Waals surface area (Å²) in [6, 6.07) is 9.32. The van der Waals surface area contributed by atoms with Crippen LogP contribution < -0.4 is 10.1 Å². The number of imidazole rings is 1. The van der Waals surface area contributed by atoms with Gasteiger partial charge >= 0.3 is 0 Å². The van der Waals surface area contributed by atoms with Crippen molar-refractivity contribution in [3.05, 3.63) is 42.7 Å². The maximum Gasteiger partial charge on any atom is 0.221 e. The summed E-state index contributed by atoms with van der Waals surface area (Å²) < 4.78 is 19.9. The first-order valence-corrected chi connectivity index (χ1v) is 9.70. The van der Waals surface area contributed by atoms with Crippen LogP contribution in [0.5, 0.6) is 5.75 Å². The second kappa shape index (κ2) is 7.15. The van der Waals surface area contributed by atoms with E-state index in [4.69, 9.17) is 4.74 Å². The van der Waals surface area contributed by atoms with E-state index in [1.165, 1.54) is 6.92 Å². The zero-order valence-electron chi connectivity index (χ0n) is 16.1. The molecule has 1 atom stereocenters. The summed E-state index contributed by atoms with van der Waals surface area (Å²) in [6.45, 7) is 7.26. The van der Waals surface area contributed by atoms with Gasteiger partial charge in [0.2, 0.25) is 5.91 Å². The van der Waals surface area contributed by atoms with Crippen molar-refractivity contribution in [3.8, 4) is 17.0 Å². The summed E-state index contributed by atoms with van der Waals surface area (Å²) in [6.07, 6.45) is 3.58. The molecule has 2 heterocycles. The molecule has 6 nitrogen and oxygen atoms in total. The molecule has 1 unspecified atom stereocenters. The summed E-state index contributed by atoms with van der Waals surface area (Å²) in [5, 5.41) is 2.79. The smallest absolute Gasteiger partial charge is 0.221 e. The van der Waals surface area contributed by atoms with Crippen LogP contribution in [0.3, 0.4) is 0 Å². The molecule has 0 saturated carbocycles. The number of hydrogen-bond acceptors (Lipinski definition) is 4. The Hall–Kier alpha value is -2.67. The fraction of sp³-hybridized carbons (Fsp3) is 0.300. The van der Waals surface area contributed by atoms with Crippen molar-refractivity contribution < 1.29 is 13.7 Å². The minimum Gasteiger partial charge on any atom is -0.495 e. The highest BCUT2D eigenvalue weighted by Crippen LogP contribution is 2.32. The lowest BCUT2D eigenvalue weighted by molar-refractivity contribution is -0.114. The van der Waals surface area contributed by atoms with E-state index in [2.05, 4.69) is 10.3 Å². The van der Waals surface area contributed by atoms with E-state index in [-0.39, 0.29) is 5.91 Å². The molecule has 0 spiro atoms. The summed E-state index contributed by atoms with van der Waals surface area (Å²) in [4.78, 5) is 16.4. The van der Waals surface area contributed by atoms with Crippen molar-refractivity contribution in [1.29, 1.82) is 0 Å². The normalized spacial score (nSPS) is 12.8.